The largest absolute Gasteiger partial charge is 0.343 e. The maximum absolute atomic E-state index is 4.58. The molecule has 114 valence electrons. The average molecular weight is 313 g/mol. The van der Waals surface area contributed by atoms with E-state index >= 15 is 0 Å². The summed E-state index contributed by atoms with van der Waals surface area (Å²) in [6, 6.07) is 12.5. The van der Waals surface area contributed by atoms with Gasteiger partial charge in [0.25, 0.3) is 0 Å². The van der Waals surface area contributed by atoms with E-state index in [0.29, 0.717) is 0 Å². The fourth-order valence-electron chi connectivity index (χ4n) is 2.88. The summed E-state index contributed by atoms with van der Waals surface area (Å²) >= 11 is 0. The van der Waals surface area contributed by atoms with Crippen LogP contribution in [0, 0.1) is 13.8 Å². The van der Waals surface area contributed by atoms with Crippen molar-refractivity contribution >= 4 is 35.5 Å². The van der Waals surface area contributed by atoms with Gasteiger partial charge in [-0.3, -0.25) is 4.98 Å². The van der Waals surface area contributed by atoms with Gasteiger partial charge in [-0.1, -0.05) is 36.4 Å². The average Bonchev–Trinajstić information content (AvgIpc) is 2.78. The number of nitrogens with zero attached hydrogens (tertiary/aromatic N) is 2. The Bertz CT molecular complexity index is 801. The molecular weight excluding hydrogens is 292 g/mol. The fraction of sp³-hybridized carbons (Fsp3) is 0.211. The van der Waals surface area contributed by atoms with Gasteiger partial charge in [-0.2, -0.15) is 0 Å². The Morgan fingerprint density at radius 2 is 1.77 bits per heavy atom. The molecule has 1 aromatic carbocycles. The third kappa shape index (κ3) is 2.79. The second kappa shape index (κ2) is 6.80. The van der Waals surface area contributed by atoms with Crippen LogP contribution in [0.3, 0.4) is 0 Å². The Balaban J connectivity index is 0.00000176. The minimum atomic E-state index is 0. The summed E-state index contributed by atoms with van der Waals surface area (Å²) in [5.41, 5.74) is 6.15. The number of halogens is 1. The minimum absolute atomic E-state index is 0. The van der Waals surface area contributed by atoms with Gasteiger partial charge in [0, 0.05) is 23.8 Å². The van der Waals surface area contributed by atoms with E-state index in [9.17, 15) is 0 Å². The molecule has 3 heteroatoms. The van der Waals surface area contributed by atoms with Crippen molar-refractivity contribution in [2.45, 2.75) is 27.3 Å². The summed E-state index contributed by atoms with van der Waals surface area (Å²) < 4.78 is 2.35. The van der Waals surface area contributed by atoms with Crippen LogP contribution in [0.4, 0.5) is 0 Å². The highest BCUT2D eigenvalue weighted by molar-refractivity contribution is 5.92. The van der Waals surface area contributed by atoms with Crippen LogP contribution < -0.4 is 0 Å². The van der Waals surface area contributed by atoms with Crippen molar-refractivity contribution in [3.63, 3.8) is 0 Å². The molecule has 0 atom stereocenters. The van der Waals surface area contributed by atoms with Gasteiger partial charge < -0.3 is 4.57 Å². The third-order valence-corrected chi connectivity index (χ3v) is 4.12. The van der Waals surface area contributed by atoms with Crippen LogP contribution in [0.5, 0.6) is 0 Å². The predicted octanol–water partition coefficient (Wildman–Crippen LogP) is 5.27. The molecule has 0 unspecified atom stereocenters. The van der Waals surface area contributed by atoms with Gasteiger partial charge >= 0.3 is 0 Å². The van der Waals surface area contributed by atoms with E-state index in [2.05, 4.69) is 72.8 Å². The number of pyridine rings is 1. The molecule has 0 amide bonds. The summed E-state index contributed by atoms with van der Waals surface area (Å²) in [5.74, 6) is 0. The van der Waals surface area contributed by atoms with E-state index in [1.54, 1.807) is 0 Å². The maximum atomic E-state index is 4.58. The van der Waals surface area contributed by atoms with Gasteiger partial charge in [-0.25, -0.2) is 0 Å². The second-order valence-electron chi connectivity index (χ2n) is 5.29. The molecule has 0 saturated heterocycles. The first-order chi connectivity index (χ1) is 10.2. The molecule has 0 radical (unpaired) electrons. The molecule has 3 rings (SSSR count). The van der Waals surface area contributed by atoms with Gasteiger partial charge in [-0.05, 0) is 44.0 Å². The van der Waals surface area contributed by atoms with Crippen LogP contribution in [0.2, 0.25) is 0 Å². The minimum Gasteiger partial charge on any atom is -0.343 e. The standard InChI is InChI=1S/C19H20N2.ClH/c1-4-21-15(3)14(2)17-12-13-20-18(19(17)21)11-10-16-8-6-5-7-9-16;/h5-13H,4H2,1-3H3;1H. The number of hydrogen-bond acceptors (Lipinski definition) is 1. The van der Waals surface area contributed by atoms with Crippen LogP contribution in [-0.2, 0) is 6.54 Å². The maximum Gasteiger partial charge on any atom is 0.0872 e. The Morgan fingerprint density at radius 1 is 1.05 bits per heavy atom. The fourth-order valence-corrected chi connectivity index (χ4v) is 2.88. The Kier molecular flexibility index (Phi) is 5.04. The second-order valence-corrected chi connectivity index (χ2v) is 5.29. The SMILES string of the molecule is CCn1c(C)c(C)c2ccnc(C=Cc3ccccc3)c21.Cl. The lowest BCUT2D eigenvalue weighted by Gasteiger charge is -2.06. The van der Waals surface area contributed by atoms with Crippen LogP contribution >= 0.6 is 12.4 Å². The number of aryl methyl sites for hydroxylation is 2. The van der Waals surface area contributed by atoms with Crippen molar-refractivity contribution in [2.75, 3.05) is 0 Å². The first-order valence-electron chi connectivity index (χ1n) is 7.40. The molecule has 0 fully saturated rings. The number of aromatic nitrogens is 2. The van der Waals surface area contributed by atoms with Crippen LogP contribution in [-0.4, -0.2) is 9.55 Å². The van der Waals surface area contributed by atoms with Crippen LogP contribution in [0.1, 0.15) is 29.4 Å². The molecule has 0 N–H and O–H groups in total. The Labute approximate surface area is 137 Å². The Hall–Kier alpha value is -2.06. The summed E-state index contributed by atoms with van der Waals surface area (Å²) in [7, 11) is 0. The van der Waals surface area contributed by atoms with Crippen molar-refractivity contribution in [2.24, 2.45) is 0 Å². The molecule has 2 aromatic heterocycles. The molecule has 2 heterocycles. The predicted molar refractivity (Wildman–Crippen MR) is 97.5 cm³/mol. The molecule has 0 aliphatic heterocycles. The van der Waals surface area contributed by atoms with Crippen molar-refractivity contribution in [3.05, 3.63) is 65.1 Å². The van der Waals surface area contributed by atoms with Gasteiger partial charge in [0.15, 0.2) is 0 Å². The first-order valence-corrected chi connectivity index (χ1v) is 7.40. The van der Waals surface area contributed by atoms with E-state index < -0.39 is 0 Å². The Morgan fingerprint density at radius 3 is 2.45 bits per heavy atom. The topological polar surface area (TPSA) is 17.8 Å². The highest BCUT2D eigenvalue weighted by Crippen LogP contribution is 2.27. The molecule has 0 spiro atoms. The van der Waals surface area contributed by atoms with Crippen molar-refractivity contribution in [3.8, 4) is 0 Å². The number of rotatable bonds is 3. The molecule has 0 aliphatic carbocycles. The zero-order chi connectivity index (χ0) is 14.8. The first kappa shape index (κ1) is 16.3. The van der Waals surface area contributed by atoms with Gasteiger partial charge in [0.2, 0.25) is 0 Å². The quantitative estimate of drug-likeness (QED) is 0.644. The molecular formula is C19H21ClN2. The molecule has 0 saturated carbocycles. The van der Waals surface area contributed by atoms with Gasteiger partial charge in [0.05, 0.1) is 11.2 Å². The number of hydrogen-bond donors (Lipinski definition) is 0. The van der Waals surface area contributed by atoms with E-state index in [1.165, 1.54) is 27.7 Å². The smallest absolute Gasteiger partial charge is 0.0872 e. The molecule has 0 aliphatic rings. The lowest BCUT2D eigenvalue weighted by molar-refractivity contribution is 0.764. The zero-order valence-electron chi connectivity index (χ0n) is 13.2. The summed E-state index contributed by atoms with van der Waals surface area (Å²) in [5, 5.41) is 1.30. The summed E-state index contributed by atoms with van der Waals surface area (Å²) in [4.78, 5) is 4.58. The van der Waals surface area contributed by atoms with Crippen molar-refractivity contribution < 1.29 is 0 Å². The van der Waals surface area contributed by atoms with Crippen molar-refractivity contribution in [1.29, 1.82) is 0 Å². The van der Waals surface area contributed by atoms with Gasteiger partial charge in [-0.15, -0.1) is 12.4 Å². The lowest BCUT2D eigenvalue weighted by Crippen LogP contribution is -1.98. The highest BCUT2D eigenvalue weighted by Gasteiger charge is 2.12. The number of fused-ring (bicyclic) bond motifs is 1. The summed E-state index contributed by atoms with van der Waals surface area (Å²) in [6.45, 7) is 7.52. The van der Waals surface area contributed by atoms with Crippen LogP contribution in [0.15, 0.2) is 42.6 Å². The zero-order valence-corrected chi connectivity index (χ0v) is 14.0. The third-order valence-electron chi connectivity index (χ3n) is 4.12. The molecule has 22 heavy (non-hydrogen) atoms. The molecule has 0 bridgehead atoms. The van der Waals surface area contributed by atoms with Gasteiger partial charge in [0.1, 0.15) is 0 Å². The van der Waals surface area contributed by atoms with E-state index in [1.807, 2.05) is 12.3 Å². The van der Waals surface area contributed by atoms with E-state index in [-0.39, 0.29) is 12.4 Å². The summed E-state index contributed by atoms with van der Waals surface area (Å²) in [6.07, 6.45) is 6.14. The number of benzene rings is 1. The molecule has 3 aromatic rings. The van der Waals surface area contributed by atoms with E-state index in [4.69, 9.17) is 0 Å². The highest BCUT2D eigenvalue weighted by atomic mass is 35.5. The normalized spacial score (nSPS) is 11.0. The van der Waals surface area contributed by atoms with E-state index in [0.717, 1.165) is 12.2 Å². The lowest BCUT2D eigenvalue weighted by atomic mass is 10.1. The van der Waals surface area contributed by atoms with Crippen molar-refractivity contribution in [1.82, 2.24) is 9.55 Å². The molecule has 2 nitrogen and oxygen atoms in total. The van der Waals surface area contributed by atoms with Crippen LogP contribution in [0.25, 0.3) is 23.1 Å². The monoisotopic (exact) mass is 312 g/mol.